The van der Waals surface area contributed by atoms with Crippen molar-refractivity contribution >= 4 is 33.6 Å². The van der Waals surface area contributed by atoms with Gasteiger partial charge in [0.25, 0.3) is 5.91 Å². The lowest BCUT2D eigenvalue weighted by Gasteiger charge is -2.24. The van der Waals surface area contributed by atoms with Crippen molar-refractivity contribution in [1.29, 1.82) is 0 Å². The van der Waals surface area contributed by atoms with Gasteiger partial charge >= 0.3 is 0 Å². The van der Waals surface area contributed by atoms with Crippen LogP contribution in [-0.4, -0.2) is 34.3 Å². The van der Waals surface area contributed by atoms with E-state index in [0.717, 1.165) is 22.2 Å². The third kappa shape index (κ3) is 3.84. The van der Waals surface area contributed by atoms with Crippen LogP contribution in [0.2, 0.25) is 0 Å². The molecule has 1 amide bonds. The van der Waals surface area contributed by atoms with E-state index < -0.39 is 5.54 Å². The number of benzene rings is 3. The number of hydrogen-bond acceptors (Lipinski definition) is 5. The molecule has 0 N–H and O–H groups in total. The van der Waals surface area contributed by atoms with E-state index in [1.165, 1.54) is 17.1 Å². The number of rotatable bonds is 5. The molecule has 1 atom stereocenters. The number of carbonyl (C=O) groups excluding carboxylic acids is 1. The standard InChI is InChI=1S/C28H25N3O2S/c1-28(26(32)31(27(30-28)34-3)18-19-9-5-4-6-10-19)23-15-16-24(29-25(23)33-2)22-14-13-20-11-7-8-12-21(20)17-22/h4-17H,18H2,1-3H3. The van der Waals surface area contributed by atoms with Crippen LogP contribution in [0.5, 0.6) is 5.88 Å². The van der Waals surface area contributed by atoms with Crippen molar-refractivity contribution in [2.75, 3.05) is 13.4 Å². The molecule has 0 radical (unpaired) electrons. The molecule has 1 aliphatic heterocycles. The van der Waals surface area contributed by atoms with Gasteiger partial charge in [-0.25, -0.2) is 9.98 Å². The third-order valence-corrected chi connectivity index (χ3v) is 6.88. The molecule has 0 saturated carbocycles. The van der Waals surface area contributed by atoms with E-state index in [0.29, 0.717) is 23.2 Å². The second-order valence-corrected chi connectivity index (χ2v) is 9.14. The Morgan fingerprint density at radius 3 is 2.41 bits per heavy atom. The summed E-state index contributed by atoms with van der Waals surface area (Å²) < 4.78 is 5.69. The summed E-state index contributed by atoms with van der Waals surface area (Å²) in [5.41, 5.74) is 2.39. The number of aromatic nitrogens is 1. The number of fused-ring (bicyclic) bond motifs is 1. The van der Waals surface area contributed by atoms with Gasteiger partial charge in [0.05, 0.1) is 24.9 Å². The van der Waals surface area contributed by atoms with E-state index in [9.17, 15) is 4.79 Å². The quantitative estimate of drug-likeness (QED) is 0.367. The second kappa shape index (κ2) is 8.95. The van der Waals surface area contributed by atoms with Crippen molar-refractivity contribution in [1.82, 2.24) is 9.88 Å². The van der Waals surface area contributed by atoms with Gasteiger partial charge in [-0.1, -0.05) is 78.5 Å². The summed E-state index contributed by atoms with van der Waals surface area (Å²) in [6, 6.07) is 28.3. The van der Waals surface area contributed by atoms with E-state index in [1.807, 2.05) is 67.8 Å². The lowest BCUT2D eigenvalue weighted by atomic mass is 9.92. The lowest BCUT2D eigenvalue weighted by Crippen LogP contribution is -2.38. The fourth-order valence-corrected chi connectivity index (χ4v) is 5.00. The minimum Gasteiger partial charge on any atom is -0.481 e. The average molecular weight is 468 g/mol. The van der Waals surface area contributed by atoms with Gasteiger partial charge in [0.2, 0.25) is 5.88 Å². The highest BCUT2D eigenvalue weighted by Gasteiger charge is 2.47. The molecule has 1 aromatic heterocycles. The smallest absolute Gasteiger partial charge is 0.261 e. The minimum absolute atomic E-state index is 0.0840. The first-order valence-corrected chi connectivity index (χ1v) is 12.3. The topological polar surface area (TPSA) is 54.8 Å². The third-order valence-electron chi connectivity index (χ3n) is 6.20. The molecule has 6 heteroatoms. The Hall–Kier alpha value is -3.64. The van der Waals surface area contributed by atoms with Crippen molar-refractivity contribution < 1.29 is 9.53 Å². The second-order valence-electron chi connectivity index (χ2n) is 8.36. The van der Waals surface area contributed by atoms with Crippen molar-refractivity contribution in [3.63, 3.8) is 0 Å². The summed E-state index contributed by atoms with van der Waals surface area (Å²) in [6.45, 7) is 2.31. The van der Waals surface area contributed by atoms with Crippen LogP contribution in [0.4, 0.5) is 0 Å². The number of methoxy groups -OCH3 is 1. The Kier molecular flexibility index (Phi) is 5.84. The zero-order valence-corrected chi connectivity index (χ0v) is 20.2. The average Bonchev–Trinajstić information content (AvgIpc) is 3.14. The fraction of sp³-hybridized carbons (Fsp3) is 0.179. The summed E-state index contributed by atoms with van der Waals surface area (Å²) in [5.74, 6) is 0.325. The molecule has 1 unspecified atom stereocenters. The van der Waals surface area contributed by atoms with Crippen LogP contribution in [0.25, 0.3) is 22.0 Å². The van der Waals surface area contributed by atoms with Gasteiger partial charge in [-0.15, -0.1) is 0 Å². The summed E-state index contributed by atoms with van der Waals surface area (Å²) in [6.07, 6.45) is 1.94. The first-order valence-electron chi connectivity index (χ1n) is 11.1. The minimum atomic E-state index is -1.10. The molecule has 5 rings (SSSR count). The highest BCUT2D eigenvalue weighted by Crippen LogP contribution is 2.40. The van der Waals surface area contributed by atoms with Crippen molar-refractivity contribution in [3.05, 3.63) is 96.1 Å². The maximum absolute atomic E-state index is 13.7. The van der Waals surface area contributed by atoms with Crippen LogP contribution in [0.1, 0.15) is 18.1 Å². The molecule has 0 saturated heterocycles. The molecule has 170 valence electrons. The number of nitrogens with zero attached hydrogens (tertiary/aromatic N) is 3. The van der Waals surface area contributed by atoms with E-state index in [1.54, 1.807) is 12.0 Å². The molecule has 0 fully saturated rings. The zero-order chi connectivity index (χ0) is 23.7. The van der Waals surface area contributed by atoms with E-state index in [-0.39, 0.29) is 5.91 Å². The SMILES string of the molecule is COc1nc(-c2ccc3ccccc3c2)ccc1C1(C)N=C(SC)N(Cc2ccccc2)C1=O. The number of carbonyl (C=O) groups is 1. The van der Waals surface area contributed by atoms with Crippen LogP contribution in [0.3, 0.4) is 0 Å². The lowest BCUT2D eigenvalue weighted by molar-refractivity contribution is -0.131. The molecule has 4 aromatic rings. The molecule has 0 bridgehead atoms. The Balaban J connectivity index is 1.52. The van der Waals surface area contributed by atoms with Gasteiger partial charge < -0.3 is 4.74 Å². The Bertz CT molecular complexity index is 1400. The molecule has 3 aromatic carbocycles. The van der Waals surface area contributed by atoms with Crippen LogP contribution in [-0.2, 0) is 16.9 Å². The van der Waals surface area contributed by atoms with Gasteiger partial charge in [0.15, 0.2) is 10.7 Å². The summed E-state index contributed by atoms with van der Waals surface area (Å²) in [7, 11) is 1.58. The zero-order valence-electron chi connectivity index (χ0n) is 19.4. The van der Waals surface area contributed by atoms with E-state index >= 15 is 0 Å². The summed E-state index contributed by atoms with van der Waals surface area (Å²) in [5, 5.41) is 3.02. The van der Waals surface area contributed by atoms with Crippen molar-refractivity contribution in [2.24, 2.45) is 4.99 Å². The molecule has 34 heavy (non-hydrogen) atoms. The van der Waals surface area contributed by atoms with E-state index in [2.05, 4.69) is 30.3 Å². The summed E-state index contributed by atoms with van der Waals surface area (Å²) in [4.78, 5) is 25.1. The maximum Gasteiger partial charge on any atom is 0.261 e. The molecule has 0 spiro atoms. The van der Waals surface area contributed by atoms with Crippen LogP contribution in [0.15, 0.2) is 89.9 Å². The van der Waals surface area contributed by atoms with Crippen molar-refractivity contribution in [3.8, 4) is 17.1 Å². The van der Waals surface area contributed by atoms with Gasteiger partial charge in [-0.2, -0.15) is 0 Å². The number of amides is 1. The number of ether oxygens (including phenoxy) is 1. The van der Waals surface area contributed by atoms with Gasteiger partial charge in [-0.05, 0) is 47.7 Å². The van der Waals surface area contributed by atoms with Gasteiger partial charge in [0.1, 0.15) is 0 Å². The normalized spacial score (nSPS) is 17.8. The molecule has 5 nitrogen and oxygen atoms in total. The number of amidine groups is 1. The van der Waals surface area contributed by atoms with Crippen LogP contribution < -0.4 is 4.74 Å². The molecule has 0 aliphatic carbocycles. The number of hydrogen-bond donors (Lipinski definition) is 0. The monoisotopic (exact) mass is 467 g/mol. The number of pyridine rings is 1. The van der Waals surface area contributed by atoms with Gasteiger partial charge in [0, 0.05) is 5.56 Å². The first kappa shape index (κ1) is 22.2. The van der Waals surface area contributed by atoms with Crippen LogP contribution >= 0.6 is 11.8 Å². The predicted molar refractivity (Wildman–Crippen MR) is 139 cm³/mol. The van der Waals surface area contributed by atoms with Gasteiger partial charge in [-0.3, -0.25) is 9.69 Å². The van der Waals surface area contributed by atoms with Crippen molar-refractivity contribution in [2.45, 2.75) is 19.0 Å². The van der Waals surface area contributed by atoms with E-state index in [4.69, 9.17) is 14.7 Å². The Morgan fingerprint density at radius 1 is 0.941 bits per heavy atom. The predicted octanol–water partition coefficient (Wildman–Crippen LogP) is 5.89. The Labute approximate surface area is 203 Å². The fourth-order valence-electron chi connectivity index (χ4n) is 4.36. The maximum atomic E-state index is 13.7. The number of aliphatic imine (C=N–C) groups is 1. The first-order chi connectivity index (χ1) is 16.5. The molecule has 2 heterocycles. The van der Waals surface area contributed by atoms with Crippen LogP contribution in [0, 0.1) is 0 Å². The largest absolute Gasteiger partial charge is 0.481 e. The number of thioether (sulfide) groups is 1. The molecular formula is C28H25N3O2S. The summed E-state index contributed by atoms with van der Waals surface area (Å²) >= 11 is 1.47. The molecule has 1 aliphatic rings. The highest BCUT2D eigenvalue weighted by molar-refractivity contribution is 8.13. The molecular weight excluding hydrogens is 442 g/mol. The highest BCUT2D eigenvalue weighted by atomic mass is 32.2. The Morgan fingerprint density at radius 2 is 1.68 bits per heavy atom.